The maximum absolute atomic E-state index is 13.6. The third-order valence-corrected chi connectivity index (χ3v) is 4.38. The number of halogens is 1. The Morgan fingerprint density at radius 2 is 2.40 bits per heavy atom. The van der Waals surface area contributed by atoms with Crippen molar-refractivity contribution in [3.05, 3.63) is 36.7 Å². The number of hydrogen-bond donors (Lipinski definition) is 1. The van der Waals surface area contributed by atoms with Crippen LogP contribution in [0.1, 0.15) is 0 Å². The molecule has 1 fully saturated rings. The summed E-state index contributed by atoms with van der Waals surface area (Å²) in [6.07, 6.45) is 1.66. The first-order valence-corrected chi connectivity index (χ1v) is 7.19. The number of aromatic nitrogens is 1. The van der Waals surface area contributed by atoms with Crippen LogP contribution < -0.4 is 10.2 Å². The zero-order valence-electron chi connectivity index (χ0n) is 10.8. The van der Waals surface area contributed by atoms with Gasteiger partial charge in [0.05, 0.1) is 10.6 Å². The quantitative estimate of drug-likeness (QED) is 0.878. The molecule has 6 heteroatoms. The number of hydrogen-bond acceptors (Lipinski definition) is 4. The molecule has 1 aliphatic rings. The van der Waals surface area contributed by atoms with Gasteiger partial charge in [-0.15, -0.1) is 6.58 Å². The highest BCUT2D eigenvalue weighted by atomic mass is 32.1. The summed E-state index contributed by atoms with van der Waals surface area (Å²) >= 11 is 1.45. The summed E-state index contributed by atoms with van der Waals surface area (Å²) in [7, 11) is 0. The molecular weight excluding hydrogens is 277 g/mol. The van der Waals surface area contributed by atoms with E-state index in [9.17, 15) is 9.18 Å². The molecule has 3 rings (SSSR count). The molecule has 1 saturated heterocycles. The highest BCUT2D eigenvalue weighted by Crippen LogP contribution is 2.33. The SMILES string of the molecule is C=CCNC(=O)C1CN(c2nc3c(F)cccc3s2)C1. The first kappa shape index (κ1) is 13.1. The van der Waals surface area contributed by atoms with Crippen molar-refractivity contribution in [2.45, 2.75) is 0 Å². The van der Waals surface area contributed by atoms with E-state index in [1.54, 1.807) is 12.1 Å². The number of anilines is 1. The van der Waals surface area contributed by atoms with Gasteiger partial charge in [0.2, 0.25) is 5.91 Å². The van der Waals surface area contributed by atoms with Gasteiger partial charge in [0, 0.05) is 19.6 Å². The van der Waals surface area contributed by atoms with E-state index in [0.717, 1.165) is 9.83 Å². The van der Waals surface area contributed by atoms with Gasteiger partial charge in [-0.2, -0.15) is 0 Å². The van der Waals surface area contributed by atoms with E-state index < -0.39 is 0 Å². The van der Waals surface area contributed by atoms with Gasteiger partial charge in [0.15, 0.2) is 5.13 Å². The van der Waals surface area contributed by atoms with E-state index in [0.29, 0.717) is 25.2 Å². The fourth-order valence-corrected chi connectivity index (χ4v) is 3.15. The van der Waals surface area contributed by atoms with Crippen molar-refractivity contribution < 1.29 is 9.18 Å². The Bertz CT molecular complexity index is 663. The minimum atomic E-state index is -0.300. The van der Waals surface area contributed by atoms with Crippen LogP contribution in [0.15, 0.2) is 30.9 Å². The molecule has 1 aliphatic heterocycles. The van der Waals surface area contributed by atoms with Gasteiger partial charge in [-0.25, -0.2) is 9.37 Å². The van der Waals surface area contributed by atoms with Crippen molar-refractivity contribution >= 4 is 32.6 Å². The monoisotopic (exact) mass is 291 g/mol. The molecule has 104 valence electrons. The maximum atomic E-state index is 13.6. The lowest BCUT2D eigenvalue weighted by Crippen LogP contribution is -2.53. The van der Waals surface area contributed by atoms with Gasteiger partial charge in [-0.1, -0.05) is 23.5 Å². The minimum Gasteiger partial charge on any atom is -0.352 e. The van der Waals surface area contributed by atoms with Crippen LogP contribution in [0.3, 0.4) is 0 Å². The third-order valence-electron chi connectivity index (χ3n) is 3.30. The molecule has 0 radical (unpaired) electrons. The van der Waals surface area contributed by atoms with Crippen LogP contribution in [0.25, 0.3) is 10.2 Å². The Morgan fingerprint density at radius 3 is 3.10 bits per heavy atom. The molecule has 1 N–H and O–H groups in total. The van der Waals surface area contributed by atoms with E-state index in [4.69, 9.17) is 0 Å². The Morgan fingerprint density at radius 1 is 1.60 bits per heavy atom. The second kappa shape index (κ2) is 5.20. The van der Waals surface area contributed by atoms with Crippen molar-refractivity contribution in [3.8, 4) is 0 Å². The van der Waals surface area contributed by atoms with Gasteiger partial charge in [0.25, 0.3) is 0 Å². The number of nitrogens with one attached hydrogen (secondary N) is 1. The summed E-state index contributed by atoms with van der Waals surface area (Å²) in [4.78, 5) is 18.0. The summed E-state index contributed by atoms with van der Waals surface area (Å²) in [5.74, 6) is -0.286. The number of carbonyl (C=O) groups is 1. The summed E-state index contributed by atoms with van der Waals surface area (Å²) in [5, 5.41) is 3.56. The van der Waals surface area contributed by atoms with Crippen molar-refractivity contribution in [1.82, 2.24) is 10.3 Å². The van der Waals surface area contributed by atoms with Crippen molar-refractivity contribution in [1.29, 1.82) is 0 Å². The van der Waals surface area contributed by atoms with Crippen LogP contribution in [0.4, 0.5) is 9.52 Å². The lowest BCUT2D eigenvalue weighted by Gasteiger charge is -2.37. The van der Waals surface area contributed by atoms with Crippen molar-refractivity contribution in [3.63, 3.8) is 0 Å². The van der Waals surface area contributed by atoms with E-state index in [1.807, 2.05) is 11.0 Å². The molecule has 1 aromatic heterocycles. The number of amides is 1. The number of rotatable bonds is 4. The van der Waals surface area contributed by atoms with Crippen LogP contribution in [-0.4, -0.2) is 30.5 Å². The second-order valence-corrected chi connectivity index (χ2v) is 5.73. The molecule has 0 saturated carbocycles. The van der Waals surface area contributed by atoms with Gasteiger partial charge in [-0.3, -0.25) is 4.79 Å². The Labute approximate surface area is 119 Å². The largest absolute Gasteiger partial charge is 0.352 e. The summed E-state index contributed by atoms with van der Waals surface area (Å²) < 4.78 is 14.4. The van der Waals surface area contributed by atoms with Gasteiger partial charge in [0.1, 0.15) is 11.3 Å². The van der Waals surface area contributed by atoms with Crippen molar-refractivity contribution in [2.75, 3.05) is 24.5 Å². The molecule has 1 amide bonds. The number of benzene rings is 1. The lowest BCUT2D eigenvalue weighted by atomic mass is 10.0. The van der Waals surface area contributed by atoms with Crippen molar-refractivity contribution in [2.24, 2.45) is 5.92 Å². The topological polar surface area (TPSA) is 45.2 Å². The molecule has 2 aromatic rings. The zero-order chi connectivity index (χ0) is 14.1. The highest BCUT2D eigenvalue weighted by Gasteiger charge is 2.34. The van der Waals surface area contributed by atoms with Gasteiger partial charge in [-0.05, 0) is 12.1 Å². The number of thiazole rings is 1. The van der Waals surface area contributed by atoms with Crippen LogP contribution >= 0.6 is 11.3 Å². The minimum absolute atomic E-state index is 0.0215. The maximum Gasteiger partial charge on any atom is 0.226 e. The highest BCUT2D eigenvalue weighted by molar-refractivity contribution is 7.22. The van der Waals surface area contributed by atoms with E-state index in [-0.39, 0.29) is 17.6 Å². The lowest BCUT2D eigenvalue weighted by molar-refractivity contribution is -0.125. The molecule has 2 heterocycles. The predicted molar refractivity (Wildman–Crippen MR) is 78.5 cm³/mol. The number of carbonyl (C=O) groups excluding carboxylic acids is 1. The molecular formula is C14H14FN3OS. The van der Waals surface area contributed by atoms with E-state index >= 15 is 0 Å². The number of fused-ring (bicyclic) bond motifs is 1. The van der Waals surface area contributed by atoms with Crippen LogP contribution in [-0.2, 0) is 4.79 Å². The fraction of sp³-hybridized carbons (Fsp3) is 0.286. The zero-order valence-corrected chi connectivity index (χ0v) is 11.6. The molecule has 1 aromatic carbocycles. The summed E-state index contributed by atoms with van der Waals surface area (Å²) in [6.45, 7) is 5.31. The second-order valence-electron chi connectivity index (χ2n) is 4.72. The summed E-state index contributed by atoms with van der Waals surface area (Å²) in [5.41, 5.74) is 0.409. The van der Waals surface area contributed by atoms with Crippen LogP contribution in [0.2, 0.25) is 0 Å². The molecule has 0 unspecified atom stereocenters. The predicted octanol–water partition coefficient (Wildman–Crippen LogP) is 2.17. The molecule has 0 spiro atoms. The Kier molecular flexibility index (Phi) is 3.40. The fourth-order valence-electron chi connectivity index (χ4n) is 2.16. The van der Waals surface area contributed by atoms with E-state index in [1.165, 1.54) is 17.4 Å². The summed E-state index contributed by atoms with van der Waals surface area (Å²) in [6, 6.07) is 4.95. The third kappa shape index (κ3) is 2.27. The number of para-hydroxylation sites is 1. The Balaban J connectivity index is 1.68. The molecule has 0 atom stereocenters. The molecule has 0 bridgehead atoms. The average Bonchev–Trinajstić information content (AvgIpc) is 2.79. The van der Waals surface area contributed by atoms with Gasteiger partial charge >= 0.3 is 0 Å². The molecule has 0 aliphatic carbocycles. The average molecular weight is 291 g/mol. The first-order chi connectivity index (χ1) is 9.69. The smallest absolute Gasteiger partial charge is 0.226 e. The first-order valence-electron chi connectivity index (χ1n) is 6.37. The van der Waals surface area contributed by atoms with Crippen LogP contribution in [0.5, 0.6) is 0 Å². The Hall–Kier alpha value is -1.95. The number of nitrogens with zero attached hydrogens (tertiary/aromatic N) is 2. The normalized spacial score (nSPS) is 15.2. The standard InChI is InChI=1S/C14H14FN3OS/c1-2-6-16-13(19)9-7-18(8-9)14-17-12-10(15)4-3-5-11(12)20-14/h2-5,9H,1,6-8H2,(H,16,19). The molecule has 4 nitrogen and oxygen atoms in total. The van der Waals surface area contributed by atoms with Crippen LogP contribution in [0, 0.1) is 11.7 Å². The molecule has 20 heavy (non-hydrogen) atoms. The van der Waals surface area contributed by atoms with E-state index in [2.05, 4.69) is 16.9 Å². The van der Waals surface area contributed by atoms with Gasteiger partial charge < -0.3 is 10.2 Å².